The van der Waals surface area contributed by atoms with Gasteiger partial charge in [-0.2, -0.15) is 0 Å². The van der Waals surface area contributed by atoms with Crippen LogP contribution in [-0.4, -0.2) is 78.0 Å². The SMILES string of the molecule is [2H]c1c(OCCCCC)c(OCCCCC)c([2H])c2c1c1c([2H])c(OCCCCC)c(OCCCCC)c([2H])c1c1c([2H])c(OC(=O)CCCCCCCCCCCCCCC(=O)Oc3c(OCCCCC)c([2H])c4c5c([2H])c(OCCCCC)c(OCCCCC)c([2H])c5c5c([2H])c(OCCCCC)c(OCCCCC)c([2H])c5c4c3[2H])c(OCCCCC)c([2H])c21. The lowest BCUT2D eigenvalue weighted by atomic mass is 9.93. The molecule has 8 aromatic carbocycles. The molecule has 8 aromatic rings. The summed E-state index contributed by atoms with van der Waals surface area (Å²) >= 11 is 0. The van der Waals surface area contributed by atoms with Crippen LogP contribution in [0.25, 0.3) is 64.6 Å². The minimum Gasteiger partial charge on any atom is -0.490 e. The number of unbranched alkanes of at least 4 members (excludes halogenated alkanes) is 31. The van der Waals surface area contributed by atoms with Gasteiger partial charge in [-0.25, -0.2) is 0 Å². The summed E-state index contributed by atoms with van der Waals surface area (Å²) in [6, 6.07) is -2.99. The number of carbonyl (C=O) groups is 2. The molecule has 0 amide bonds. The first-order valence-corrected chi connectivity index (χ1v) is 45.9. The number of carbonyl (C=O) groups excluding carboxylic acids is 2. The van der Waals surface area contributed by atoms with Gasteiger partial charge in [0.1, 0.15) is 0 Å². The van der Waals surface area contributed by atoms with Crippen LogP contribution in [0, 0.1) is 0 Å². The van der Waals surface area contributed by atoms with Crippen molar-refractivity contribution in [2.75, 3.05) is 66.1 Å². The van der Waals surface area contributed by atoms with Gasteiger partial charge in [0.15, 0.2) is 69.0 Å². The Hall–Kier alpha value is -7.74. The number of hydrogen-bond acceptors (Lipinski definition) is 14. The predicted molar refractivity (Wildman–Crippen MR) is 484 cm³/mol. The maximum atomic E-state index is 14.3. The Balaban J connectivity index is 0.994. The number of rotatable bonds is 67. The molecule has 0 saturated heterocycles. The minimum atomic E-state index is -0.626. The van der Waals surface area contributed by atoms with Crippen molar-refractivity contribution in [2.45, 2.75) is 352 Å². The number of fused-ring (bicyclic) bond motifs is 12. The van der Waals surface area contributed by atoms with Gasteiger partial charge in [0.05, 0.1) is 82.5 Å². The van der Waals surface area contributed by atoms with Gasteiger partial charge < -0.3 is 56.8 Å². The third kappa shape index (κ3) is 30.3. The van der Waals surface area contributed by atoms with Crippen molar-refractivity contribution in [1.82, 2.24) is 0 Å². The van der Waals surface area contributed by atoms with Gasteiger partial charge in [0.2, 0.25) is 0 Å². The Bertz CT molecular complexity index is 4480. The van der Waals surface area contributed by atoms with Gasteiger partial charge in [-0.05, 0) is 214 Å². The summed E-state index contributed by atoms with van der Waals surface area (Å²) in [6.07, 6.45) is 34.2. The molecule has 0 spiro atoms. The third-order valence-electron chi connectivity index (χ3n) is 21.0. The average molecular weight is 1610 g/mol. The summed E-state index contributed by atoms with van der Waals surface area (Å²) in [5.74, 6) is -2.09. The van der Waals surface area contributed by atoms with Crippen molar-refractivity contribution in [1.29, 1.82) is 0 Å². The standard InChI is InChI=1S/C102H150O14/c1-11-21-43-55-105-89-65-77-79-67-91(107-57-45-23-13-3)95(111-61-49-27-17-7)71-83(79)87-75-99(97(113-63-51-29-19-9)73-85(87)81(77)69-93(89)109-59-47-25-15-5)115-101(103)53-41-39-37-35-33-31-32-34-36-38-40-42-54-102(104)116-100-76-88-84-72-96(112-62-50-28-18-8)92(108-58-46-24-14-4)68-80(84)78-66-90(106-56-44-22-12-2)94(110-60-48-26-16-6)70-82(78)86(88)74-98(100)114-64-52-30-20-10/h65-76H,11-64H2,1-10H3/i65D,66D,67D,68D,69D,70D,71D,72D,73D,74D,75D,76D. The van der Waals surface area contributed by atoms with E-state index < -0.39 is 11.9 Å². The molecule has 0 fully saturated rings. The molecule has 14 nitrogen and oxygen atoms in total. The molecule has 0 aliphatic heterocycles. The van der Waals surface area contributed by atoms with Crippen molar-refractivity contribution >= 4 is 76.6 Å². The van der Waals surface area contributed by atoms with E-state index >= 15 is 0 Å². The largest absolute Gasteiger partial charge is 0.490 e. The maximum absolute atomic E-state index is 14.3. The normalized spacial score (nSPS) is 13.0. The van der Waals surface area contributed by atoms with E-state index in [0.717, 1.165) is 193 Å². The van der Waals surface area contributed by atoms with E-state index in [0.29, 0.717) is 77.0 Å². The molecular weight excluding hydrogens is 1450 g/mol. The van der Waals surface area contributed by atoms with Gasteiger partial charge >= 0.3 is 11.9 Å². The van der Waals surface area contributed by atoms with E-state index in [2.05, 4.69) is 69.2 Å². The molecule has 8 rings (SSSR count). The Morgan fingerprint density at radius 2 is 0.302 bits per heavy atom. The predicted octanol–water partition coefficient (Wildman–Crippen LogP) is 30.3. The average Bonchev–Trinajstić information content (AvgIpc) is 0.694. The van der Waals surface area contributed by atoms with E-state index in [1.165, 1.54) is 0 Å². The molecule has 0 N–H and O–H groups in total. The molecule has 0 aromatic heterocycles. The summed E-state index contributed by atoms with van der Waals surface area (Å²) in [6.45, 7) is 22.8. The highest BCUT2D eigenvalue weighted by Gasteiger charge is 2.25. The van der Waals surface area contributed by atoms with Crippen molar-refractivity contribution in [2.24, 2.45) is 0 Å². The van der Waals surface area contributed by atoms with Crippen LogP contribution in [0.4, 0.5) is 0 Å². The van der Waals surface area contributed by atoms with Crippen molar-refractivity contribution in [3.8, 4) is 69.0 Å². The first kappa shape index (κ1) is 76.9. The number of benzene rings is 8. The van der Waals surface area contributed by atoms with Crippen LogP contribution in [0.3, 0.4) is 0 Å². The smallest absolute Gasteiger partial charge is 0.311 e. The molecule has 0 aliphatic rings. The van der Waals surface area contributed by atoms with Gasteiger partial charge in [-0.1, -0.05) is 262 Å². The molecular formula is C102H150O14. The van der Waals surface area contributed by atoms with Gasteiger partial charge in [0, 0.05) is 12.8 Å². The minimum absolute atomic E-state index is 0.00354. The number of hydrogen-bond donors (Lipinski definition) is 0. The third-order valence-corrected chi connectivity index (χ3v) is 21.0. The Labute approximate surface area is 715 Å². The zero-order chi connectivity index (χ0) is 92.6. The van der Waals surface area contributed by atoms with E-state index in [1.807, 2.05) is 0 Å². The second kappa shape index (κ2) is 55.1. The molecule has 116 heavy (non-hydrogen) atoms. The second-order valence-electron chi connectivity index (χ2n) is 31.2. The molecule has 0 radical (unpaired) electrons. The molecule has 0 saturated carbocycles. The van der Waals surface area contributed by atoms with Crippen LogP contribution < -0.4 is 56.8 Å². The maximum Gasteiger partial charge on any atom is 0.311 e. The highest BCUT2D eigenvalue weighted by molar-refractivity contribution is 6.28. The van der Waals surface area contributed by atoms with Crippen molar-refractivity contribution in [3.63, 3.8) is 0 Å². The van der Waals surface area contributed by atoms with Crippen molar-refractivity contribution < 1.29 is 82.9 Å². The second-order valence-corrected chi connectivity index (χ2v) is 31.2. The topological polar surface area (TPSA) is 145 Å². The highest BCUT2D eigenvalue weighted by Crippen LogP contribution is 2.50. The van der Waals surface area contributed by atoms with Crippen LogP contribution >= 0.6 is 0 Å². The first-order valence-electron chi connectivity index (χ1n) is 51.9. The number of ether oxygens (including phenoxy) is 12. The summed E-state index contributed by atoms with van der Waals surface area (Å²) in [7, 11) is 0. The van der Waals surface area contributed by atoms with Crippen LogP contribution in [-0.2, 0) is 9.59 Å². The fraction of sp³-hybridized carbons (Fsp3) is 0.627. The molecule has 14 heteroatoms. The van der Waals surface area contributed by atoms with E-state index in [1.54, 1.807) is 0 Å². The van der Waals surface area contributed by atoms with Crippen LogP contribution in [0.2, 0.25) is 0 Å². The van der Waals surface area contributed by atoms with E-state index in [9.17, 15) is 26.0 Å². The monoisotopic (exact) mass is 1610 g/mol. The fourth-order valence-corrected chi connectivity index (χ4v) is 14.1. The molecule has 0 aliphatic carbocycles. The Morgan fingerprint density at radius 1 is 0.181 bits per heavy atom. The van der Waals surface area contributed by atoms with E-state index in [4.69, 9.17) is 56.8 Å². The van der Waals surface area contributed by atoms with Crippen molar-refractivity contribution in [3.05, 3.63) is 72.5 Å². The van der Waals surface area contributed by atoms with Gasteiger partial charge in [-0.3, -0.25) is 9.59 Å². The molecule has 642 valence electrons. The highest BCUT2D eigenvalue weighted by atomic mass is 16.6. The lowest BCUT2D eigenvalue weighted by Gasteiger charge is -2.20. The quantitative estimate of drug-likeness (QED) is 0.0154. The molecule has 0 bridgehead atoms. The van der Waals surface area contributed by atoms with Gasteiger partial charge in [-0.15, -0.1) is 0 Å². The lowest BCUT2D eigenvalue weighted by Crippen LogP contribution is -2.09. The Kier molecular flexibility index (Phi) is 36.5. The zero-order valence-corrected chi connectivity index (χ0v) is 72.9. The first-order chi connectivity index (χ1) is 62.2. The molecule has 0 atom stereocenters. The van der Waals surface area contributed by atoms with Crippen LogP contribution in [0.15, 0.2) is 72.5 Å². The lowest BCUT2D eigenvalue weighted by molar-refractivity contribution is -0.135. The molecule has 0 unspecified atom stereocenters. The number of esters is 2. The summed E-state index contributed by atoms with van der Waals surface area (Å²) in [5, 5.41) is 0.369. The zero-order valence-electron chi connectivity index (χ0n) is 84.9. The van der Waals surface area contributed by atoms with Gasteiger partial charge in [0.25, 0.3) is 0 Å². The fourth-order valence-electron chi connectivity index (χ4n) is 14.1. The van der Waals surface area contributed by atoms with E-state index in [-0.39, 0.29) is 285 Å². The van der Waals surface area contributed by atoms with Crippen LogP contribution in [0.5, 0.6) is 69.0 Å². The van der Waals surface area contributed by atoms with Crippen LogP contribution in [0.1, 0.15) is 368 Å². The Morgan fingerprint density at radius 3 is 0.440 bits per heavy atom. The summed E-state index contributed by atoms with van der Waals surface area (Å²) in [5.41, 5.74) is 0. The summed E-state index contributed by atoms with van der Waals surface area (Å²) in [4.78, 5) is 28.7. The molecule has 0 heterocycles. The summed E-state index contributed by atoms with van der Waals surface area (Å²) < 4.78 is 199.